The largest absolute Gasteiger partial charge is 0.477 e. The SMILES string of the molecule is CC(=O)Oc1ccc(CN2CCN(C(=O)NC(C(=O)N[C@]3(NC=O)C(=O)N4C(C(=O)O)=C(CSc5nnnn5C)CS[C@H]43)c3ccccc3)C(=O)C2=O)cc1OC(C)=O. The number of ether oxygens (including phenoxy) is 2. The van der Waals surface area contributed by atoms with Gasteiger partial charge in [0.1, 0.15) is 17.1 Å². The maximum absolute atomic E-state index is 14.1. The van der Waals surface area contributed by atoms with Crippen LogP contribution in [0.4, 0.5) is 4.79 Å². The Hall–Kier alpha value is -6.82. The lowest BCUT2D eigenvalue weighted by atomic mass is 9.94. The Bertz CT molecular complexity index is 2290. The first-order valence-electron chi connectivity index (χ1n) is 17.4. The number of hydrogen-bond donors (Lipinski definition) is 4. The molecule has 1 aromatic heterocycles. The lowest BCUT2D eigenvalue weighted by molar-refractivity contribution is -0.163. The number of rotatable bonds is 14. The predicted molar refractivity (Wildman–Crippen MR) is 201 cm³/mol. The van der Waals surface area contributed by atoms with Crippen LogP contribution in [-0.2, 0) is 51.9 Å². The molecule has 308 valence electrons. The minimum absolute atomic E-state index is 0.0411. The molecule has 3 aliphatic heterocycles. The summed E-state index contributed by atoms with van der Waals surface area (Å²) >= 11 is 2.23. The Balaban J connectivity index is 1.17. The van der Waals surface area contributed by atoms with Gasteiger partial charge in [-0.15, -0.1) is 16.9 Å². The molecular formula is C35H34N10O12S2. The molecule has 2 aromatic carbocycles. The molecule has 7 amide bonds. The molecule has 59 heavy (non-hydrogen) atoms. The van der Waals surface area contributed by atoms with Crippen LogP contribution in [0.2, 0.25) is 0 Å². The lowest BCUT2D eigenvalue weighted by Gasteiger charge is -2.56. The van der Waals surface area contributed by atoms with Crippen molar-refractivity contribution in [3.63, 3.8) is 0 Å². The van der Waals surface area contributed by atoms with Crippen molar-refractivity contribution in [2.75, 3.05) is 24.6 Å². The molecule has 4 heterocycles. The van der Waals surface area contributed by atoms with E-state index in [-0.39, 0.29) is 60.3 Å². The van der Waals surface area contributed by atoms with Gasteiger partial charge in [0.15, 0.2) is 11.5 Å². The first-order chi connectivity index (χ1) is 28.1. The van der Waals surface area contributed by atoms with E-state index in [9.17, 15) is 48.3 Å². The number of carbonyl (C=O) groups is 9. The van der Waals surface area contributed by atoms with E-state index in [1.165, 1.54) is 35.0 Å². The average Bonchev–Trinajstić information content (AvgIpc) is 3.61. The number of β-lactam (4-membered cyclic amide) rings is 1. The molecule has 24 heteroatoms. The zero-order valence-corrected chi connectivity index (χ0v) is 32.9. The van der Waals surface area contributed by atoms with Crippen molar-refractivity contribution >= 4 is 77.5 Å². The maximum Gasteiger partial charge on any atom is 0.352 e. The fraction of sp³-hybridized carbons (Fsp3) is 0.314. The minimum atomic E-state index is -2.14. The van der Waals surface area contributed by atoms with Crippen molar-refractivity contribution in [2.24, 2.45) is 7.05 Å². The van der Waals surface area contributed by atoms with Crippen LogP contribution < -0.4 is 25.4 Å². The summed E-state index contributed by atoms with van der Waals surface area (Å²) in [5.41, 5.74) is -1.52. The van der Waals surface area contributed by atoms with Gasteiger partial charge in [-0.3, -0.25) is 43.4 Å². The van der Waals surface area contributed by atoms with E-state index in [1.807, 2.05) is 0 Å². The summed E-state index contributed by atoms with van der Waals surface area (Å²) in [5, 5.41) is 27.9. The molecule has 22 nitrogen and oxygen atoms in total. The number of esters is 2. The molecule has 0 radical (unpaired) electrons. The lowest BCUT2D eigenvalue weighted by Crippen LogP contribution is -2.85. The van der Waals surface area contributed by atoms with Crippen LogP contribution in [0.1, 0.15) is 31.0 Å². The Kier molecular flexibility index (Phi) is 12.3. The summed E-state index contributed by atoms with van der Waals surface area (Å²) in [4.78, 5) is 119. The number of imide groups is 1. The summed E-state index contributed by atoms with van der Waals surface area (Å²) in [6.07, 6.45) is 0.179. The second-order valence-corrected chi connectivity index (χ2v) is 15.0. The number of carbonyl (C=O) groups excluding carboxylic acids is 8. The van der Waals surface area contributed by atoms with Gasteiger partial charge in [0, 0.05) is 52.0 Å². The molecule has 0 aliphatic carbocycles. The van der Waals surface area contributed by atoms with Crippen LogP contribution >= 0.6 is 23.5 Å². The molecule has 0 saturated carbocycles. The van der Waals surface area contributed by atoms with E-state index in [0.717, 1.165) is 47.2 Å². The van der Waals surface area contributed by atoms with Crippen molar-refractivity contribution < 1.29 is 57.7 Å². The molecule has 1 unspecified atom stereocenters. The standard InChI is InChI=1S/C35H34N10O12S2/c1-18(47)56-23-10-9-20(13-24(23)57-19(2)48)14-43-11-12-44(29(51)28(43)50)33(55)37-25(21-7-5-4-6-8-21)27(49)38-35(36-17-46)31(54)45-26(30(52)53)22(15-58-32(35)45)16-59-34-39-40-41-42(34)3/h4-10,13,17,25,32H,11-12,14-16H2,1-3H3,(H,36,46)(H,37,55)(H,38,49)(H,52,53)/t25?,32-,35+/m0/s1. The third-order valence-electron chi connectivity index (χ3n) is 9.02. The number of nitrogens with zero attached hydrogens (tertiary/aromatic N) is 7. The number of carboxylic acid groups (broad SMARTS) is 1. The number of tetrazole rings is 1. The fourth-order valence-electron chi connectivity index (χ4n) is 6.38. The summed E-state index contributed by atoms with van der Waals surface area (Å²) in [6, 6.07) is 9.22. The molecule has 3 atom stereocenters. The number of thioether (sulfide) groups is 2. The van der Waals surface area contributed by atoms with Gasteiger partial charge in [-0.2, -0.15) is 0 Å². The van der Waals surface area contributed by atoms with Gasteiger partial charge in [0.05, 0.1) is 0 Å². The second-order valence-electron chi connectivity index (χ2n) is 13.0. The average molecular weight is 851 g/mol. The topological polar surface area (TPSA) is 282 Å². The molecule has 3 aromatic rings. The molecule has 2 saturated heterocycles. The molecule has 2 fully saturated rings. The van der Waals surface area contributed by atoms with E-state index in [1.54, 1.807) is 25.2 Å². The highest BCUT2D eigenvalue weighted by Gasteiger charge is 2.66. The van der Waals surface area contributed by atoms with Gasteiger partial charge in [-0.05, 0) is 39.3 Å². The number of benzene rings is 2. The minimum Gasteiger partial charge on any atom is -0.477 e. The smallest absolute Gasteiger partial charge is 0.352 e. The zero-order chi connectivity index (χ0) is 42.6. The zero-order valence-electron chi connectivity index (χ0n) is 31.3. The van der Waals surface area contributed by atoms with Crippen LogP contribution in [0.5, 0.6) is 11.5 Å². The molecule has 6 rings (SSSR count). The number of aromatic nitrogens is 4. The third-order valence-corrected chi connectivity index (χ3v) is 11.5. The second kappa shape index (κ2) is 17.4. The Labute approximate surface area is 342 Å². The number of fused-ring (bicyclic) bond motifs is 1. The van der Waals surface area contributed by atoms with Crippen LogP contribution in [0.25, 0.3) is 0 Å². The van der Waals surface area contributed by atoms with E-state index >= 15 is 0 Å². The number of aryl methyl sites for hydroxylation is 1. The van der Waals surface area contributed by atoms with Gasteiger partial charge in [-0.25, -0.2) is 14.3 Å². The number of piperazine rings is 1. The summed E-state index contributed by atoms with van der Waals surface area (Å²) in [7, 11) is 1.61. The van der Waals surface area contributed by atoms with E-state index < -0.39 is 64.6 Å². The normalized spacial score (nSPS) is 19.3. The fourth-order valence-corrected chi connectivity index (χ4v) is 8.80. The van der Waals surface area contributed by atoms with Crippen molar-refractivity contribution in [3.8, 4) is 11.5 Å². The van der Waals surface area contributed by atoms with Gasteiger partial charge < -0.3 is 35.4 Å². The summed E-state index contributed by atoms with van der Waals surface area (Å²) in [6.45, 7) is 1.71. The van der Waals surface area contributed by atoms with Gasteiger partial charge in [0.25, 0.3) is 5.91 Å². The first kappa shape index (κ1) is 41.8. The number of urea groups is 1. The Morgan fingerprint density at radius 3 is 2.37 bits per heavy atom. The molecule has 0 spiro atoms. The van der Waals surface area contributed by atoms with Crippen LogP contribution in [-0.4, -0.2) is 130 Å². The number of nitrogens with one attached hydrogen (secondary N) is 3. The molecule has 4 N–H and O–H groups in total. The first-order valence-corrected chi connectivity index (χ1v) is 19.4. The van der Waals surface area contributed by atoms with Crippen LogP contribution in [0, 0.1) is 0 Å². The monoisotopic (exact) mass is 850 g/mol. The molecule has 3 aliphatic rings. The highest BCUT2D eigenvalue weighted by Crippen LogP contribution is 2.46. The van der Waals surface area contributed by atoms with E-state index in [4.69, 9.17) is 9.47 Å². The van der Waals surface area contributed by atoms with E-state index in [0.29, 0.717) is 21.2 Å². The van der Waals surface area contributed by atoms with Crippen LogP contribution in [0.15, 0.2) is 65.0 Å². The Morgan fingerprint density at radius 2 is 1.73 bits per heavy atom. The van der Waals surface area contributed by atoms with Gasteiger partial charge in [0.2, 0.25) is 23.1 Å². The van der Waals surface area contributed by atoms with Crippen molar-refractivity contribution in [3.05, 3.63) is 70.9 Å². The van der Waals surface area contributed by atoms with Gasteiger partial charge in [-0.1, -0.05) is 48.2 Å². The maximum atomic E-state index is 14.1. The summed E-state index contributed by atoms with van der Waals surface area (Å²) < 4.78 is 11.6. The van der Waals surface area contributed by atoms with Crippen molar-refractivity contribution in [1.82, 2.24) is 50.9 Å². The van der Waals surface area contributed by atoms with Crippen molar-refractivity contribution in [1.29, 1.82) is 0 Å². The third kappa shape index (κ3) is 8.57. The number of hydrogen-bond acceptors (Lipinski definition) is 16. The van der Waals surface area contributed by atoms with Gasteiger partial charge >= 0.3 is 35.8 Å². The van der Waals surface area contributed by atoms with Crippen molar-refractivity contribution in [2.45, 2.75) is 42.6 Å². The predicted octanol–water partition coefficient (Wildman–Crippen LogP) is -0.713. The number of aliphatic carboxylic acids is 1. The highest BCUT2D eigenvalue weighted by atomic mass is 32.2. The quantitative estimate of drug-likeness (QED) is 0.0296. The summed E-state index contributed by atoms with van der Waals surface area (Å²) in [5.74, 6) is -6.99. The van der Waals surface area contributed by atoms with E-state index in [2.05, 4.69) is 31.5 Å². The molecule has 0 bridgehead atoms. The number of amides is 7. The highest BCUT2D eigenvalue weighted by molar-refractivity contribution is 8.01. The number of carboxylic acids is 1. The Morgan fingerprint density at radius 1 is 1.02 bits per heavy atom. The molecular weight excluding hydrogens is 817 g/mol. The van der Waals surface area contributed by atoms with Crippen LogP contribution in [0.3, 0.4) is 0 Å².